The fourth-order valence-electron chi connectivity index (χ4n) is 6.24. The quantitative estimate of drug-likeness (QED) is 0.250. The zero-order valence-corrected chi connectivity index (χ0v) is 24.9. The van der Waals surface area contributed by atoms with Gasteiger partial charge in [-0.3, -0.25) is 9.69 Å². The van der Waals surface area contributed by atoms with Crippen molar-refractivity contribution in [2.24, 2.45) is 0 Å². The molecular weight excluding hydrogens is 512 g/mol. The third kappa shape index (κ3) is 6.39. The third-order valence-corrected chi connectivity index (χ3v) is 8.34. The molecule has 41 heavy (non-hydrogen) atoms. The summed E-state index contributed by atoms with van der Waals surface area (Å²) in [5, 5.41) is 12.5. The number of aromatic amines is 1. The third-order valence-electron chi connectivity index (χ3n) is 8.34. The van der Waals surface area contributed by atoms with Gasteiger partial charge in [0.2, 0.25) is 5.91 Å². The van der Waals surface area contributed by atoms with E-state index in [1.807, 2.05) is 43.9 Å². The molecule has 0 bridgehead atoms. The minimum atomic E-state index is -1.00. The van der Waals surface area contributed by atoms with E-state index in [4.69, 9.17) is 4.98 Å². The summed E-state index contributed by atoms with van der Waals surface area (Å²) < 4.78 is 0. The first-order valence-corrected chi connectivity index (χ1v) is 14.8. The van der Waals surface area contributed by atoms with Crippen LogP contribution in [0.25, 0.3) is 21.8 Å². The van der Waals surface area contributed by atoms with Crippen LogP contribution in [0.3, 0.4) is 0 Å². The average Bonchev–Trinajstić information content (AvgIpc) is 3.36. The van der Waals surface area contributed by atoms with Crippen molar-refractivity contribution in [3.05, 3.63) is 77.6 Å². The summed E-state index contributed by atoms with van der Waals surface area (Å²) in [7, 11) is 0. The second kappa shape index (κ2) is 11.6. The molecule has 1 aliphatic heterocycles. The monoisotopic (exact) mass is 554 g/mol. The number of nitrogens with zero attached hydrogens (tertiary/aromatic N) is 3. The van der Waals surface area contributed by atoms with Crippen LogP contribution in [0, 0.1) is 0 Å². The van der Waals surface area contributed by atoms with Crippen LogP contribution in [0.1, 0.15) is 82.7 Å². The van der Waals surface area contributed by atoms with Gasteiger partial charge in [0.15, 0.2) is 0 Å². The zero-order valence-electron chi connectivity index (χ0n) is 24.9. The van der Waals surface area contributed by atoms with Crippen molar-refractivity contribution in [2.45, 2.75) is 83.7 Å². The number of imidazole rings is 1. The van der Waals surface area contributed by atoms with Crippen LogP contribution in [-0.4, -0.2) is 61.5 Å². The van der Waals surface area contributed by atoms with E-state index in [0.29, 0.717) is 25.4 Å². The molecule has 0 spiro atoms. The summed E-state index contributed by atoms with van der Waals surface area (Å²) in [5.74, 6) is 1.48. The van der Waals surface area contributed by atoms with Crippen molar-refractivity contribution in [2.75, 3.05) is 13.1 Å². The first-order chi connectivity index (χ1) is 19.5. The Kier molecular flexibility index (Phi) is 8.07. The highest BCUT2D eigenvalue weighted by Gasteiger charge is 2.36. The lowest BCUT2D eigenvalue weighted by Gasteiger charge is -2.41. The van der Waals surface area contributed by atoms with Crippen molar-refractivity contribution in [1.29, 1.82) is 0 Å². The normalized spacial score (nSPS) is 16.8. The van der Waals surface area contributed by atoms with Crippen LogP contribution in [0.15, 0.2) is 60.7 Å². The van der Waals surface area contributed by atoms with Crippen LogP contribution in [-0.2, 0) is 11.2 Å². The Morgan fingerprint density at radius 3 is 2.54 bits per heavy atom. The Labute approximate surface area is 242 Å². The number of H-pyrrole nitrogens is 1. The van der Waals surface area contributed by atoms with Gasteiger partial charge in [0.1, 0.15) is 5.82 Å². The smallest absolute Gasteiger partial charge is 0.408 e. The van der Waals surface area contributed by atoms with Crippen molar-refractivity contribution < 1.29 is 14.7 Å². The molecule has 1 aromatic heterocycles. The molecule has 2 N–H and O–H groups in total. The molecule has 2 atom stereocenters. The summed E-state index contributed by atoms with van der Waals surface area (Å²) in [6, 6.07) is 20.3. The Morgan fingerprint density at radius 2 is 1.83 bits per heavy atom. The molecule has 7 nitrogen and oxygen atoms in total. The topological polar surface area (TPSA) is 89.5 Å². The molecule has 0 radical (unpaired) electrons. The van der Waals surface area contributed by atoms with Gasteiger partial charge in [0.05, 0.1) is 11.0 Å². The highest BCUT2D eigenvalue weighted by atomic mass is 16.4. The number of amides is 2. The van der Waals surface area contributed by atoms with E-state index in [-0.39, 0.29) is 18.2 Å². The number of benzene rings is 3. The molecule has 216 valence electrons. The second-order valence-electron chi connectivity index (χ2n) is 12.8. The summed E-state index contributed by atoms with van der Waals surface area (Å²) in [4.78, 5) is 38.1. The van der Waals surface area contributed by atoms with Crippen molar-refractivity contribution in [1.82, 2.24) is 19.8 Å². The van der Waals surface area contributed by atoms with Crippen LogP contribution in [0.4, 0.5) is 4.79 Å². The molecule has 0 unspecified atom stereocenters. The van der Waals surface area contributed by atoms with E-state index in [1.165, 1.54) is 10.5 Å². The number of rotatable bonds is 7. The van der Waals surface area contributed by atoms with Crippen LogP contribution in [0.2, 0.25) is 0 Å². The summed E-state index contributed by atoms with van der Waals surface area (Å²) >= 11 is 0. The molecule has 1 saturated heterocycles. The molecule has 0 saturated carbocycles. The number of carboxylic acid groups (broad SMARTS) is 1. The molecule has 0 aliphatic carbocycles. The number of carbonyl (C=O) groups excluding carboxylic acids is 1. The lowest BCUT2D eigenvalue weighted by atomic mass is 9.93. The molecular formula is C34H42N4O3. The van der Waals surface area contributed by atoms with E-state index in [9.17, 15) is 14.7 Å². The van der Waals surface area contributed by atoms with Crippen molar-refractivity contribution >= 4 is 33.8 Å². The van der Waals surface area contributed by atoms with Crippen molar-refractivity contribution in [3.63, 3.8) is 0 Å². The Hall–Kier alpha value is -3.87. The van der Waals surface area contributed by atoms with E-state index in [2.05, 4.69) is 61.3 Å². The van der Waals surface area contributed by atoms with E-state index in [1.54, 1.807) is 0 Å². The number of nitrogens with one attached hydrogen (secondary N) is 1. The number of piperidine rings is 1. The first kappa shape index (κ1) is 28.7. The summed E-state index contributed by atoms with van der Waals surface area (Å²) in [5.41, 5.74) is 3.63. The average molecular weight is 555 g/mol. The predicted octanol–water partition coefficient (Wildman–Crippen LogP) is 7.33. The van der Waals surface area contributed by atoms with Gasteiger partial charge in [-0.2, -0.15) is 0 Å². The van der Waals surface area contributed by atoms with E-state index in [0.717, 1.165) is 46.0 Å². The minimum absolute atomic E-state index is 0.00538. The number of aromatic nitrogens is 2. The SMILES string of the molecule is CC(C)c1ccc2nc([C@@H]3CCCN(C(=O)C[C@@H](Cc4ccc5ccccc5c4)N(C(=O)O)C(C)(C)C)C3)[nH]c2c1. The van der Waals surface area contributed by atoms with E-state index < -0.39 is 17.7 Å². The van der Waals surface area contributed by atoms with Gasteiger partial charge in [-0.05, 0) is 80.0 Å². The Bertz CT molecular complexity index is 1550. The molecule has 7 heteroatoms. The van der Waals surface area contributed by atoms with Gasteiger partial charge < -0.3 is 15.0 Å². The van der Waals surface area contributed by atoms with E-state index >= 15 is 0 Å². The highest BCUT2D eigenvalue weighted by Crippen LogP contribution is 2.30. The van der Waals surface area contributed by atoms with Crippen LogP contribution < -0.4 is 0 Å². The van der Waals surface area contributed by atoms with Gasteiger partial charge in [0, 0.05) is 37.0 Å². The Balaban J connectivity index is 1.36. The number of fused-ring (bicyclic) bond motifs is 2. The maximum absolute atomic E-state index is 13.8. The van der Waals surface area contributed by atoms with Crippen LogP contribution >= 0.6 is 0 Å². The minimum Gasteiger partial charge on any atom is -0.465 e. The lowest BCUT2D eigenvalue weighted by Crippen LogP contribution is -2.54. The fraction of sp³-hybridized carbons (Fsp3) is 0.441. The highest BCUT2D eigenvalue weighted by molar-refractivity contribution is 5.83. The maximum Gasteiger partial charge on any atom is 0.408 e. The summed E-state index contributed by atoms with van der Waals surface area (Å²) in [6.45, 7) is 11.3. The van der Waals surface area contributed by atoms with Gasteiger partial charge in [-0.25, -0.2) is 9.78 Å². The molecule has 4 aromatic rings. The van der Waals surface area contributed by atoms with Gasteiger partial charge >= 0.3 is 6.09 Å². The van der Waals surface area contributed by atoms with Gasteiger partial charge in [-0.1, -0.05) is 62.4 Å². The number of carbonyl (C=O) groups is 2. The number of likely N-dealkylation sites (tertiary alicyclic amines) is 1. The molecule has 5 rings (SSSR count). The predicted molar refractivity (Wildman–Crippen MR) is 164 cm³/mol. The fourth-order valence-corrected chi connectivity index (χ4v) is 6.24. The van der Waals surface area contributed by atoms with Crippen molar-refractivity contribution in [3.8, 4) is 0 Å². The molecule has 2 heterocycles. The zero-order chi connectivity index (χ0) is 29.3. The molecule has 1 aliphatic rings. The first-order valence-electron chi connectivity index (χ1n) is 14.8. The standard InChI is InChI=1S/C34H42N4O3/c1-22(2)25-14-15-29-30(19-25)36-32(35-29)27-11-8-16-37(21-27)31(39)20-28(38(33(40)41)34(3,4)5)18-23-12-13-24-9-6-7-10-26(24)17-23/h6-7,9-10,12-15,17,19,22,27-28H,8,11,16,18,20-21H2,1-5H3,(H,35,36)(H,40,41)/t27-,28-/m1/s1. The van der Waals surface area contributed by atoms with Gasteiger partial charge in [0.25, 0.3) is 0 Å². The molecule has 1 fully saturated rings. The maximum atomic E-state index is 13.8. The Morgan fingerprint density at radius 1 is 1.07 bits per heavy atom. The summed E-state index contributed by atoms with van der Waals surface area (Å²) in [6.07, 6.45) is 1.46. The number of hydrogen-bond donors (Lipinski definition) is 2. The molecule has 3 aromatic carbocycles. The van der Waals surface area contributed by atoms with Crippen LogP contribution in [0.5, 0.6) is 0 Å². The number of hydrogen-bond acceptors (Lipinski definition) is 3. The van der Waals surface area contributed by atoms with Gasteiger partial charge in [-0.15, -0.1) is 0 Å². The second-order valence-corrected chi connectivity index (χ2v) is 12.8. The molecule has 2 amide bonds. The largest absolute Gasteiger partial charge is 0.465 e. The lowest BCUT2D eigenvalue weighted by molar-refractivity contribution is -0.134.